The number of methoxy groups -OCH3 is 1. The maximum atomic E-state index is 8.89. The highest BCUT2D eigenvalue weighted by Gasteiger charge is 2.06. The molecule has 1 atom stereocenters. The van der Waals surface area contributed by atoms with Crippen molar-refractivity contribution in [3.05, 3.63) is 28.8 Å². The van der Waals surface area contributed by atoms with E-state index in [2.05, 4.69) is 11.4 Å². The molecule has 0 heterocycles. The number of nitrogens with zero attached hydrogens (tertiary/aromatic N) is 1. The molecule has 0 aliphatic heterocycles. The molecule has 0 spiro atoms. The van der Waals surface area contributed by atoms with Crippen molar-refractivity contribution in [1.82, 2.24) is 0 Å². The lowest BCUT2D eigenvalue weighted by molar-refractivity contribution is 0.190. The van der Waals surface area contributed by atoms with E-state index in [-0.39, 0.29) is 6.04 Å². The smallest absolute Gasteiger partial charge is 0.101 e. The lowest BCUT2D eigenvalue weighted by Crippen LogP contribution is -2.21. The van der Waals surface area contributed by atoms with E-state index in [1.807, 2.05) is 6.92 Å². The summed E-state index contributed by atoms with van der Waals surface area (Å²) in [5.41, 5.74) is 1.33. The van der Waals surface area contributed by atoms with Gasteiger partial charge in [-0.2, -0.15) is 5.26 Å². The number of hydrogen-bond donors (Lipinski definition) is 1. The van der Waals surface area contributed by atoms with E-state index in [4.69, 9.17) is 21.6 Å². The van der Waals surface area contributed by atoms with Crippen LogP contribution in [-0.4, -0.2) is 19.8 Å². The minimum absolute atomic E-state index is 0.139. The Morgan fingerprint density at radius 2 is 2.33 bits per heavy atom. The predicted octanol–water partition coefficient (Wildman–Crippen LogP) is 2.66. The Balaban J connectivity index is 2.83. The summed E-state index contributed by atoms with van der Waals surface area (Å²) in [6.07, 6.45) is 0. The monoisotopic (exact) mass is 224 g/mol. The van der Waals surface area contributed by atoms with Crippen LogP contribution in [0.2, 0.25) is 5.02 Å². The van der Waals surface area contributed by atoms with Gasteiger partial charge in [-0.3, -0.25) is 0 Å². The minimum Gasteiger partial charge on any atom is -0.383 e. The molecular weight excluding hydrogens is 212 g/mol. The van der Waals surface area contributed by atoms with Crippen LogP contribution in [0.5, 0.6) is 0 Å². The second-order valence-electron chi connectivity index (χ2n) is 3.30. The number of anilines is 1. The third-order valence-electron chi connectivity index (χ3n) is 1.92. The largest absolute Gasteiger partial charge is 0.383 e. The Hall–Kier alpha value is -1.24. The maximum absolute atomic E-state index is 8.89. The summed E-state index contributed by atoms with van der Waals surface area (Å²) in [7, 11) is 1.64. The van der Waals surface area contributed by atoms with Crippen molar-refractivity contribution in [3.63, 3.8) is 0 Å². The number of halogens is 1. The highest BCUT2D eigenvalue weighted by Crippen LogP contribution is 2.20. The van der Waals surface area contributed by atoms with Gasteiger partial charge in [0.2, 0.25) is 0 Å². The fourth-order valence-corrected chi connectivity index (χ4v) is 1.46. The van der Waals surface area contributed by atoms with Gasteiger partial charge in [-0.15, -0.1) is 0 Å². The maximum Gasteiger partial charge on any atom is 0.101 e. The molecule has 0 aromatic heterocycles. The summed E-state index contributed by atoms with van der Waals surface area (Å²) >= 11 is 5.85. The summed E-state index contributed by atoms with van der Waals surface area (Å²) in [6.45, 7) is 2.56. The van der Waals surface area contributed by atoms with E-state index in [0.29, 0.717) is 17.2 Å². The summed E-state index contributed by atoms with van der Waals surface area (Å²) in [6, 6.07) is 7.39. The summed E-state index contributed by atoms with van der Waals surface area (Å²) < 4.78 is 5.00. The molecule has 0 saturated carbocycles. The first-order chi connectivity index (χ1) is 7.17. The molecular formula is C11H13ClN2O. The normalized spacial score (nSPS) is 11.9. The van der Waals surface area contributed by atoms with Gasteiger partial charge in [0.25, 0.3) is 0 Å². The lowest BCUT2D eigenvalue weighted by Gasteiger charge is -2.15. The zero-order chi connectivity index (χ0) is 11.3. The molecule has 0 aliphatic rings. The molecule has 1 unspecified atom stereocenters. The van der Waals surface area contributed by atoms with Crippen LogP contribution in [0, 0.1) is 11.3 Å². The standard InChI is InChI=1S/C11H13ClN2O/c1-8(7-15-2)14-11-5-10(12)4-3-9(11)6-13/h3-5,8,14H,7H2,1-2H3. The van der Waals surface area contributed by atoms with Crippen LogP contribution in [0.4, 0.5) is 5.69 Å². The van der Waals surface area contributed by atoms with Gasteiger partial charge in [-0.25, -0.2) is 0 Å². The Morgan fingerprint density at radius 1 is 1.60 bits per heavy atom. The number of hydrogen-bond acceptors (Lipinski definition) is 3. The molecule has 1 aromatic carbocycles. The zero-order valence-electron chi connectivity index (χ0n) is 8.75. The van der Waals surface area contributed by atoms with Gasteiger partial charge in [0.05, 0.1) is 17.9 Å². The number of ether oxygens (including phenoxy) is 1. The average molecular weight is 225 g/mol. The Bertz CT molecular complexity index is 373. The van der Waals surface area contributed by atoms with E-state index in [0.717, 1.165) is 5.69 Å². The first kappa shape index (κ1) is 11.8. The average Bonchev–Trinajstić information content (AvgIpc) is 2.18. The highest BCUT2D eigenvalue weighted by molar-refractivity contribution is 6.30. The first-order valence-electron chi connectivity index (χ1n) is 4.62. The third kappa shape index (κ3) is 3.43. The molecule has 0 saturated heterocycles. The third-order valence-corrected chi connectivity index (χ3v) is 2.16. The second kappa shape index (κ2) is 5.59. The number of rotatable bonds is 4. The molecule has 0 fully saturated rings. The fourth-order valence-electron chi connectivity index (χ4n) is 1.29. The first-order valence-corrected chi connectivity index (χ1v) is 5.00. The van der Waals surface area contributed by atoms with E-state index in [1.165, 1.54) is 0 Å². The van der Waals surface area contributed by atoms with E-state index in [1.54, 1.807) is 25.3 Å². The molecule has 1 rings (SSSR count). The van der Waals surface area contributed by atoms with E-state index in [9.17, 15) is 0 Å². The summed E-state index contributed by atoms with van der Waals surface area (Å²) in [5.74, 6) is 0. The molecule has 15 heavy (non-hydrogen) atoms. The molecule has 4 heteroatoms. The predicted molar refractivity (Wildman–Crippen MR) is 61.1 cm³/mol. The summed E-state index contributed by atoms with van der Waals surface area (Å²) in [5, 5.41) is 12.7. The van der Waals surface area contributed by atoms with Crippen molar-refractivity contribution in [1.29, 1.82) is 5.26 Å². The van der Waals surface area contributed by atoms with Crippen molar-refractivity contribution in [3.8, 4) is 6.07 Å². The van der Waals surface area contributed by atoms with Crippen molar-refractivity contribution in [2.45, 2.75) is 13.0 Å². The highest BCUT2D eigenvalue weighted by atomic mass is 35.5. The number of nitriles is 1. The van der Waals surface area contributed by atoms with E-state index < -0.39 is 0 Å². The van der Waals surface area contributed by atoms with Crippen LogP contribution in [0.3, 0.4) is 0 Å². The summed E-state index contributed by atoms with van der Waals surface area (Å²) in [4.78, 5) is 0. The Labute approximate surface area is 94.6 Å². The molecule has 80 valence electrons. The lowest BCUT2D eigenvalue weighted by atomic mass is 10.2. The van der Waals surface area contributed by atoms with Gasteiger partial charge in [0.15, 0.2) is 0 Å². The molecule has 0 radical (unpaired) electrons. The van der Waals surface area contributed by atoms with Crippen molar-refractivity contribution in [2.75, 3.05) is 19.0 Å². The molecule has 0 amide bonds. The van der Waals surface area contributed by atoms with Gasteiger partial charge >= 0.3 is 0 Å². The molecule has 1 aromatic rings. The quantitative estimate of drug-likeness (QED) is 0.855. The van der Waals surface area contributed by atoms with Crippen LogP contribution in [-0.2, 0) is 4.74 Å². The zero-order valence-corrected chi connectivity index (χ0v) is 9.51. The second-order valence-corrected chi connectivity index (χ2v) is 3.74. The Morgan fingerprint density at radius 3 is 2.93 bits per heavy atom. The van der Waals surface area contributed by atoms with Crippen LogP contribution in [0.1, 0.15) is 12.5 Å². The molecule has 1 N–H and O–H groups in total. The molecule has 3 nitrogen and oxygen atoms in total. The van der Waals surface area contributed by atoms with Gasteiger partial charge < -0.3 is 10.1 Å². The number of nitrogens with one attached hydrogen (secondary N) is 1. The van der Waals surface area contributed by atoms with Gasteiger partial charge in [0, 0.05) is 18.2 Å². The van der Waals surface area contributed by atoms with Crippen LogP contribution in [0.25, 0.3) is 0 Å². The minimum atomic E-state index is 0.139. The van der Waals surface area contributed by atoms with Gasteiger partial charge in [0.1, 0.15) is 6.07 Å². The topological polar surface area (TPSA) is 45.0 Å². The van der Waals surface area contributed by atoms with Crippen LogP contribution in [0.15, 0.2) is 18.2 Å². The van der Waals surface area contributed by atoms with Crippen molar-refractivity contribution in [2.24, 2.45) is 0 Å². The van der Waals surface area contributed by atoms with Crippen molar-refractivity contribution >= 4 is 17.3 Å². The molecule has 0 aliphatic carbocycles. The van der Waals surface area contributed by atoms with Crippen molar-refractivity contribution < 1.29 is 4.74 Å². The van der Waals surface area contributed by atoms with Crippen LogP contribution >= 0.6 is 11.6 Å². The Kier molecular flexibility index (Phi) is 4.41. The molecule has 0 bridgehead atoms. The van der Waals surface area contributed by atoms with Crippen LogP contribution < -0.4 is 5.32 Å². The fraction of sp³-hybridized carbons (Fsp3) is 0.364. The SMILES string of the molecule is COCC(C)Nc1cc(Cl)ccc1C#N. The number of benzene rings is 1. The van der Waals surface area contributed by atoms with Gasteiger partial charge in [-0.1, -0.05) is 11.6 Å². The van der Waals surface area contributed by atoms with Gasteiger partial charge in [-0.05, 0) is 25.1 Å². The van der Waals surface area contributed by atoms with E-state index >= 15 is 0 Å².